The zero-order chi connectivity index (χ0) is 12.7. The maximum absolute atomic E-state index is 11.7. The smallest absolute Gasteiger partial charge is 0.290 e. The number of ether oxygens (including phenoxy) is 1. The molecule has 18 heavy (non-hydrogen) atoms. The number of rotatable bonds is 2. The second-order valence-corrected chi connectivity index (χ2v) is 4.59. The summed E-state index contributed by atoms with van der Waals surface area (Å²) in [4.78, 5) is 18.8. The van der Waals surface area contributed by atoms with Gasteiger partial charge in [0.25, 0.3) is 5.91 Å². The highest BCUT2D eigenvalue weighted by atomic mass is 16.5. The maximum atomic E-state index is 11.7. The molecule has 1 aromatic heterocycles. The fourth-order valence-corrected chi connectivity index (χ4v) is 2.43. The van der Waals surface area contributed by atoms with Crippen molar-refractivity contribution in [2.24, 2.45) is 4.99 Å². The maximum Gasteiger partial charge on any atom is 0.290 e. The van der Waals surface area contributed by atoms with E-state index in [0.717, 1.165) is 16.5 Å². The minimum atomic E-state index is -0.496. The number of aromatic nitrogens is 1. The number of nitrogens with zero attached hydrogens (tertiary/aromatic N) is 1. The van der Waals surface area contributed by atoms with Crippen LogP contribution in [0.4, 0.5) is 0 Å². The number of benzene rings is 1. The van der Waals surface area contributed by atoms with Crippen LogP contribution in [-0.2, 0) is 9.53 Å². The van der Waals surface area contributed by atoms with E-state index in [1.807, 2.05) is 37.4 Å². The number of hydrogen-bond acceptors (Lipinski definition) is 2. The van der Waals surface area contributed by atoms with E-state index in [1.54, 1.807) is 6.92 Å². The molecular weight excluding hydrogens is 228 g/mol. The van der Waals surface area contributed by atoms with Crippen LogP contribution < -0.4 is 0 Å². The van der Waals surface area contributed by atoms with Gasteiger partial charge in [0, 0.05) is 29.9 Å². The predicted molar refractivity (Wildman–Crippen MR) is 69.7 cm³/mol. The summed E-state index contributed by atoms with van der Waals surface area (Å²) in [6, 6.07) is 8.04. The Morgan fingerprint density at radius 1 is 1.39 bits per heavy atom. The Labute approximate surface area is 105 Å². The number of carbonyl (C=O) groups is 1. The second-order valence-electron chi connectivity index (χ2n) is 4.59. The van der Waals surface area contributed by atoms with Gasteiger partial charge in [0.2, 0.25) is 0 Å². The average molecular weight is 242 g/mol. The molecule has 2 heterocycles. The molecule has 0 bridgehead atoms. The molecule has 2 aromatic rings. The summed E-state index contributed by atoms with van der Waals surface area (Å²) in [7, 11) is 0. The first kappa shape index (κ1) is 11.0. The topological polar surface area (TPSA) is 54.5 Å². The van der Waals surface area contributed by atoms with Crippen molar-refractivity contribution in [3.63, 3.8) is 0 Å². The van der Waals surface area contributed by atoms with E-state index in [0.29, 0.717) is 5.90 Å². The molecule has 92 valence electrons. The van der Waals surface area contributed by atoms with Crippen molar-refractivity contribution in [2.75, 3.05) is 0 Å². The van der Waals surface area contributed by atoms with E-state index in [4.69, 9.17) is 4.74 Å². The molecule has 1 amide bonds. The molecule has 4 heteroatoms. The van der Waals surface area contributed by atoms with Gasteiger partial charge < -0.3 is 9.72 Å². The predicted octanol–water partition coefficient (Wildman–Crippen LogP) is 2.62. The first-order valence-corrected chi connectivity index (χ1v) is 5.98. The number of carbonyl (C=O) groups excluding carboxylic acids is 1. The first-order valence-electron chi connectivity index (χ1n) is 5.98. The molecule has 0 saturated carbocycles. The number of para-hydroxylation sites is 1. The Hall–Kier alpha value is -2.10. The third-order valence-electron chi connectivity index (χ3n) is 3.37. The highest BCUT2D eigenvalue weighted by Crippen LogP contribution is 2.31. The van der Waals surface area contributed by atoms with Crippen LogP contribution in [-0.4, -0.2) is 22.9 Å². The van der Waals surface area contributed by atoms with Crippen molar-refractivity contribution < 1.29 is 9.53 Å². The monoisotopic (exact) mass is 242 g/mol. The largest absolute Gasteiger partial charge is 0.467 e. The molecule has 0 saturated heterocycles. The van der Waals surface area contributed by atoms with Crippen molar-refractivity contribution in [3.8, 4) is 0 Å². The minimum absolute atomic E-state index is 0.0187. The summed E-state index contributed by atoms with van der Waals surface area (Å²) < 4.78 is 5.49. The van der Waals surface area contributed by atoms with Crippen molar-refractivity contribution in [1.82, 2.24) is 4.98 Å². The normalized spacial score (nSPS) is 20.9. The second kappa shape index (κ2) is 3.98. The number of aromatic amines is 1. The van der Waals surface area contributed by atoms with Crippen molar-refractivity contribution in [1.29, 1.82) is 0 Å². The SMILES string of the molecule is CC1=NC(=O)[C@H]([C@H](C)c2c[nH]c3ccccc23)O1. The van der Waals surface area contributed by atoms with Gasteiger partial charge in [-0.15, -0.1) is 0 Å². The molecule has 1 N–H and O–H groups in total. The van der Waals surface area contributed by atoms with Gasteiger partial charge in [0.1, 0.15) is 0 Å². The molecule has 2 atom stereocenters. The van der Waals surface area contributed by atoms with E-state index < -0.39 is 6.10 Å². The van der Waals surface area contributed by atoms with Crippen molar-refractivity contribution in [3.05, 3.63) is 36.0 Å². The number of nitrogens with one attached hydrogen (secondary N) is 1. The van der Waals surface area contributed by atoms with Crippen molar-refractivity contribution >= 4 is 22.7 Å². The lowest BCUT2D eigenvalue weighted by Gasteiger charge is -2.16. The molecule has 0 aliphatic carbocycles. The lowest BCUT2D eigenvalue weighted by atomic mass is 9.94. The number of H-pyrrole nitrogens is 1. The third-order valence-corrected chi connectivity index (χ3v) is 3.37. The lowest BCUT2D eigenvalue weighted by Crippen LogP contribution is -2.24. The molecule has 0 radical (unpaired) electrons. The van der Waals surface area contributed by atoms with Gasteiger partial charge in [-0.2, -0.15) is 4.99 Å². The van der Waals surface area contributed by atoms with Gasteiger partial charge in [-0.25, -0.2) is 0 Å². The van der Waals surface area contributed by atoms with E-state index in [9.17, 15) is 4.79 Å². The van der Waals surface area contributed by atoms with Gasteiger partial charge in [-0.05, 0) is 11.6 Å². The van der Waals surface area contributed by atoms with Crippen molar-refractivity contribution in [2.45, 2.75) is 25.9 Å². The average Bonchev–Trinajstić information content (AvgIpc) is 2.92. The zero-order valence-corrected chi connectivity index (χ0v) is 10.3. The minimum Gasteiger partial charge on any atom is -0.467 e. The van der Waals surface area contributed by atoms with Crippen LogP contribution >= 0.6 is 0 Å². The van der Waals surface area contributed by atoms with Gasteiger partial charge in [-0.1, -0.05) is 25.1 Å². The Kier molecular flexibility index (Phi) is 2.44. The summed E-state index contributed by atoms with van der Waals surface area (Å²) in [5.41, 5.74) is 2.16. The Morgan fingerprint density at radius 2 is 2.17 bits per heavy atom. The van der Waals surface area contributed by atoms with E-state index in [1.165, 1.54) is 0 Å². The van der Waals surface area contributed by atoms with Gasteiger partial charge in [0.05, 0.1) is 0 Å². The molecular formula is C14H14N2O2. The van der Waals surface area contributed by atoms with Crippen LogP contribution in [0.3, 0.4) is 0 Å². The molecule has 1 aromatic carbocycles. The summed E-state index contributed by atoms with van der Waals surface area (Å²) >= 11 is 0. The first-order chi connectivity index (χ1) is 8.66. The van der Waals surface area contributed by atoms with Crippen LogP contribution in [0, 0.1) is 0 Å². The highest BCUT2D eigenvalue weighted by molar-refractivity contribution is 5.99. The molecule has 1 aliphatic rings. The molecule has 4 nitrogen and oxygen atoms in total. The Bertz CT molecular complexity index is 642. The van der Waals surface area contributed by atoms with Crippen LogP contribution in [0.5, 0.6) is 0 Å². The number of aliphatic imine (C=N–C) groups is 1. The van der Waals surface area contributed by atoms with Crippen LogP contribution in [0.15, 0.2) is 35.5 Å². The fraction of sp³-hybridized carbons (Fsp3) is 0.286. The quantitative estimate of drug-likeness (QED) is 0.880. The number of fused-ring (bicyclic) bond motifs is 1. The standard InChI is InChI=1S/C14H14N2O2/c1-8(13-14(17)16-9(2)18-13)11-7-15-12-6-4-3-5-10(11)12/h3-8,13,15H,1-2H3/t8-,13+/m1/s1. The summed E-state index contributed by atoms with van der Waals surface area (Å²) in [5, 5.41) is 1.13. The highest BCUT2D eigenvalue weighted by Gasteiger charge is 2.34. The van der Waals surface area contributed by atoms with Crippen LogP contribution in [0.2, 0.25) is 0 Å². The molecule has 0 spiro atoms. The van der Waals surface area contributed by atoms with Gasteiger partial charge in [-0.3, -0.25) is 4.79 Å². The van der Waals surface area contributed by atoms with Gasteiger partial charge in [0.15, 0.2) is 12.0 Å². The van der Waals surface area contributed by atoms with Gasteiger partial charge >= 0.3 is 0 Å². The fourth-order valence-electron chi connectivity index (χ4n) is 2.43. The Morgan fingerprint density at radius 3 is 2.89 bits per heavy atom. The lowest BCUT2D eigenvalue weighted by molar-refractivity contribution is -0.123. The molecule has 0 fully saturated rings. The molecule has 1 aliphatic heterocycles. The van der Waals surface area contributed by atoms with E-state index in [-0.39, 0.29) is 11.8 Å². The van der Waals surface area contributed by atoms with E-state index >= 15 is 0 Å². The van der Waals surface area contributed by atoms with E-state index in [2.05, 4.69) is 9.98 Å². The number of amides is 1. The van der Waals surface area contributed by atoms with Crippen LogP contribution in [0.1, 0.15) is 25.3 Å². The number of hydrogen-bond donors (Lipinski definition) is 1. The van der Waals surface area contributed by atoms with Crippen LogP contribution in [0.25, 0.3) is 10.9 Å². The summed E-state index contributed by atoms with van der Waals surface area (Å²) in [6.07, 6.45) is 1.45. The molecule has 0 unspecified atom stereocenters. The third kappa shape index (κ3) is 1.61. The Balaban J connectivity index is 1.98. The molecule has 3 rings (SSSR count). The summed E-state index contributed by atoms with van der Waals surface area (Å²) in [5.74, 6) is 0.247. The summed E-state index contributed by atoms with van der Waals surface area (Å²) in [6.45, 7) is 3.70. The zero-order valence-electron chi connectivity index (χ0n) is 10.3.